The Balaban J connectivity index is 1.69. The van der Waals surface area contributed by atoms with Crippen LogP contribution in [0.1, 0.15) is 46.0 Å². The number of hydrogen-bond donors (Lipinski definition) is 4. The molecule has 212 valence electrons. The molecule has 0 saturated carbocycles. The zero-order valence-corrected chi connectivity index (χ0v) is 22.8. The Morgan fingerprint density at radius 3 is 2.26 bits per heavy atom. The summed E-state index contributed by atoms with van der Waals surface area (Å²) in [5.74, 6) is -1.71. The average molecular weight is 540 g/mol. The first-order chi connectivity index (χ1) is 18.7. The van der Waals surface area contributed by atoms with Crippen LogP contribution in [-0.4, -0.2) is 71.1 Å². The van der Waals surface area contributed by atoms with E-state index in [1.165, 1.54) is 4.90 Å². The number of imide groups is 1. The lowest BCUT2D eigenvalue weighted by Crippen LogP contribution is -2.46. The quantitative estimate of drug-likeness (QED) is 0.209. The van der Waals surface area contributed by atoms with E-state index in [0.717, 1.165) is 12.0 Å². The van der Waals surface area contributed by atoms with Gasteiger partial charge >= 0.3 is 0 Å². The van der Waals surface area contributed by atoms with Crippen molar-refractivity contribution in [2.24, 2.45) is 11.3 Å². The predicted molar refractivity (Wildman–Crippen MR) is 150 cm³/mol. The lowest BCUT2D eigenvalue weighted by Gasteiger charge is -2.27. The van der Waals surface area contributed by atoms with Gasteiger partial charge in [-0.05, 0) is 24.8 Å². The molecule has 1 saturated heterocycles. The highest BCUT2D eigenvalue weighted by molar-refractivity contribution is 6.05. The van der Waals surface area contributed by atoms with Gasteiger partial charge in [0.25, 0.3) is 0 Å². The van der Waals surface area contributed by atoms with Crippen LogP contribution in [0, 0.1) is 11.3 Å². The molecule has 0 aromatic rings. The van der Waals surface area contributed by atoms with Crippen molar-refractivity contribution in [3.05, 3.63) is 72.4 Å². The van der Waals surface area contributed by atoms with Crippen LogP contribution in [0.5, 0.6) is 0 Å². The predicted octanol–water partition coefficient (Wildman–Crippen LogP) is 2.25. The molecular formula is C30H41N3O6. The van der Waals surface area contributed by atoms with E-state index in [-0.39, 0.29) is 43.7 Å². The van der Waals surface area contributed by atoms with E-state index in [1.807, 2.05) is 66.8 Å². The zero-order chi connectivity index (χ0) is 28.7. The summed E-state index contributed by atoms with van der Waals surface area (Å²) in [7, 11) is 0. The first-order valence-corrected chi connectivity index (χ1v) is 13.4. The molecule has 0 aromatic carbocycles. The third kappa shape index (κ3) is 10.6. The molecule has 2 rings (SSSR count). The first kappa shape index (κ1) is 31.7. The highest BCUT2D eigenvalue weighted by Gasteiger charge is 2.39. The molecule has 0 spiro atoms. The van der Waals surface area contributed by atoms with Gasteiger partial charge in [-0.25, -0.2) is 0 Å². The van der Waals surface area contributed by atoms with Crippen LogP contribution in [0.4, 0.5) is 0 Å². The van der Waals surface area contributed by atoms with E-state index in [9.17, 15) is 29.4 Å². The maximum Gasteiger partial charge on any atom is 0.249 e. The lowest BCUT2D eigenvalue weighted by atomic mass is 9.87. The number of rotatable bonds is 13. The van der Waals surface area contributed by atoms with E-state index < -0.39 is 23.3 Å². The highest BCUT2D eigenvalue weighted by atomic mass is 16.3. The van der Waals surface area contributed by atoms with Gasteiger partial charge in [-0.3, -0.25) is 24.1 Å². The number of allylic oxidation sites excluding steroid dienone is 11. The van der Waals surface area contributed by atoms with Crippen LogP contribution in [-0.2, 0) is 19.2 Å². The molecule has 0 radical (unpaired) electrons. The van der Waals surface area contributed by atoms with Crippen molar-refractivity contribution in [1.29, 1.82) is 0 Å². The van der Waals surface area contributed by atoms with Gasteiger partial charge in [-0.1, -0.05) is 80.7 Å². The van der Waals surface area contributed by atoms with Crippen molar-refractivity contribution in [2.45, 2.75) is 52.1 Å². The SMILES string of the molecule is CC(C)(CO)[C@@H](O)C(=O)NCCC(=O)NCCCCCN1C(=O)CC(C2=C\C=C/C=C\C=C/C=C\C=C2)C1=O. The smallest absolute Gasteiger partial charge is 0.249 e. The molecule has 1 heterocycles. The van der Waals surface area contributed by atoms with Crippen molar-refractivity contribution in [2.75, 3.05) is 26.2 Å². The summed E-state index contributed by atoms with van der Waals surface area (Å²) in [5.41, 5.74) is -0.177. The number of nitrogens with zero attached hydrogens (tertiary/aromatic N) is 1. The maximum absolute atomic E-state index is 13.0. The topological polar surface area (TPSA) is 136 Å². The highest BCUT2D eigenvalue weighted by Crippen LogP contribution is 2.28. The summed E-state index contributed by atoms with van der Waals surface area (Å²) in [6.45, 7) is 3.67. The maximum atomic E-state index is 13.0. The fourth-order valence-electron chi connectivity index (χ4n) is 3.97. The van der Waals surface area contributed by atoms with Crippen LogP contribution < -0.4 is 10.6 Å². The second-order valence-electron chi connectivity index (χ2n) is 10.2. The van der Waals surface area contributed by atoms with Crippen LogP contribution in [0.3, 0.4) is 0 Å². The molecule has 4 amide bonds. The number of carbonyl (C=O) groups is 4. The Labute approximate surface area is 230 Å². The minimum atomic E-state index is -1.37. The Kier molecular flexibility index (Phi) is 13.3. The van der Waals surface area contributed by atoms with Gasteiger partial charge in [0.2, 0.25) is 23.6 Å². The van der Waals surface area contributed by atoms with Crippen molar-refractivity contribution in [3.63, 3.8) is 0 Å². The molecule has 1 unspecified atom stereocenters. The second-order valence-corrected chi connectivity index (χ2v) is 10.2. The van der Waals surface area contributed by atoms with Crippen molar-refractivity contribution < 1.29 is 29.4 Å². The standard InChI is InChI=1S/C30H41N3O6/c1-30(2,22-34)27(37)28(38)32-19-17-25(35)31-18-13-10-14-20-33-26(36)21-24(29(33)39)23-15-11-8-6-4-3-5-7-9-12-16-23/h3-9,11-12,15-16,24,27,34,37H,10,13-14,17-22H2,1-2H3,(H,31,35)(H,32,38)/b4-3-,5-3?,6-4?,7-5-,8-6-,9-7?,11-8?,12-9-,15-11?,16-12?,23-15?,23-16?/t24?,27-/m0/s1. The molecule has 0 aromatic heterocycles. The van der Waals surface area contributed by atoms with Gasteiger partial charge in [-0.15, -0.1) is 0 Å². The Morgan fingerprint density at radius 2 is 1.59 bits per heavy atom. The monoisotopic (exact) mass is 539 g/mol. The molecule has 1 fully saturated rings. The minimum absolute atomic E-state index is 0.0679. The molecule has 0 bridgehead atoms. The number of aliphatic hydroxyl groups excluding tert-OH is 2. The van der Waals surface area contributed by atoms with Crippen molar-refractivity contribution >= 4 is 23.6 Å². The zero-order valence-electron chi connectivity index (χ0n) is 22.8. The summed E-state index contributed by atoms with van der Waals surface area (Å²) in [5, 5.41) is 24.5. The number of unbranched alkanes of at least 4 members (excludes halogenated alkanes) is 2. The molecular weight excluding hydrogens is 498 g/mol. The lowest BCUT2D eigenvalue weighted by molar-refractivity contribution is -0.139. The molecule has 1 aliphatic carbocycles. The number of hydrogen-bond acceptors (Lipinski definition) is 6. The van der Waals surface area contributed by atoms with Crippen molar-refractivity contribution in [1.82, 2.24) is 15.5 Å². The van der Waals surface area contributed by atoms with Crippen molar-refractivity contribution in [3.8, 4) is 0 Å². The third-order valence-electron chi connectivity index (χ3n) is 6.54. The normalized spacial score (nSPS) is 21.8. The van der Waals surface area contributed by atoms with E-state index in [2.05, 4.69) is 10.6 Å². The molecule has 9 heteroatoms. The van der Waals surface area contributed by atoms with Crippen LogP contribution >= 0.6 is 0 Å². The Bertz CT molecular complexity index is 1050. The fraction of sp³-hybridized carbons (Fsp3) is 0.467. The number of aliphatic hydroxyl groups is 2. The summed E-state index contributed by atoms with van der Waals surface area (Å²) in [4.78, 5) is 50.9. The van der Waals surface area contributed by atoms with Gasteiger partial charge in [0.1, 0.15) is 6.10 Å². The van der Waals surface area contributed by atoms with Gasteiger partial charge in [0, 0.05) is 37.9 Å². The van der Waals surface area contributed by atoms with Gasteiger partial charge in [-0.2, -0.15) is 0 Å². The molecule has 1 aliphatic heterocycles. The molecule has 9 nitrogen and oxygen atoms in total. The van der Waals surface area contributed by atoms with E-state index >= 15 is 0 Å². The largest absolute Gasteiger partial charge is 0.396 e. The fourth-order valence-corrected chi connectivity index (χ4v) is 3.97. The van der Waals surface area contributed by atoms with Crippen LogP contribution in [0.25, 0.3) is 0 Å². The summed E-state index contributed by atoms with van der Waals surface area (Å²) >= 11 is 0. The number of nitrogens with one attached hydrogen (secondary N) is 2. The summed E-state index contributed by atoms with van der Waals surface area (Å²) in [6.07, 6.45) is 21.7. The summed E-state index contributed by atoms with van der Waals surface area (Å²) < 4.78 is 0. The van der Waals surface area contributed by atoms with Crippen LogP contribution in [0.2, 0.25) is 0 Å². The number of amides is 4. The van der Waals surface area contributed by atoms with E-state index in [0.29, 0.717) is 25.9 Å². The summed E-state index contributed by atoms with van der Waals surface area (Å²) in [6, 6.07) is 0. The van der Waals surface area contributed by atoms with E-state index in [1.54, 1.807) is 13.8 Å². The molecule has 39 heavy (non-hydrogen) atoms. The van der Waals surface area contributed by atoms with Gasteiger partial charge in [0.05, 0.1) is 12.5 Å². The third-order valence-corrected chi connectivity index (χ3v) is 6.54. The molecule has 2 aliphatic rings. The van der Waals surface area contributed by atoms with Gasteiger partial charge in [0.15, 0.2) is 0 Å². The Hall–Kier alpha value is -3.56. The molecule has 4 N–H and O–H groups in total. The first-order valence-electron chi connectivity index (χ1n) is 13.4. The number of likely N-dealkylation sites (tertiary alicyclic amines) is 1. The number of carbonyl (C=O) groups excluding carboxylic acids is 4. The van der Waals surface area contributed by atoms with Gasteiger partial charge < -0.3 is 20.8 Å². The minimum Gasteiger partial charge on any atom is -0.396 e. The second kappa shape index (κ2) is 16.4. The molecule has 2 atom stereocenters. The average Bonchev–Trinajstić information content (AvgIpc) is 3.18. The van der Waals surface area contributed by atoms with Crippen LogP contribution in [0.15, 0.2) is 72.4 Å². The Morgan fingerprint density at radius 1 is 0.949 bits per heavy atom. The van der Waals surface area contributed by atoms with E-state index in [4.69, 9.17) is 0 Å².